The second-order valence-electron chi connectivity index (χ2n) is 2.56. The molecule has 0 fully saturated rings. The molecule has 0 aromatic carbocycles. The molecule has 0 spiro atoms. The third-order valence-corrected chi connectivity index (χ3v) is 1.44. The Morgan fingerprint density at radius 1 is 1.75 bits per heavy atom. The fourth-order valence-electron chi connectivity index (χ4n) is 0.931. The number of nitrogens with zero attached hydrogens (tertiary/aromatic N) is 3. The second kappa shape index (κ2) is 3.96. The van der Waals surface area contributed by atoms with E-state index in [0.717, 1.165) is 5.69 Å². The zero-order valence-electron chi connectivity index (χ0n) is 6.90. The predicted molar refractivity (Wildman–Crippen MR) is 41.5 cm³/mol. The van der Waals surface area contributed by atoms with Crippen LogP contribution in [0.15, 0.2) is 6.20 Å². The molecular weight excluding hydrogens is 158 g/mol. The summed E-state index contributed by atoms with van der Waals surface area (Å²) in [5.41, 5.74) is 0.785. The summed E-state index contributed by atoms with van der Waals surface area (Å²) in [7, 11) is 0. The Labute approximate surface area is 70.0 Å². The van der Waals surface area contributed by atoms with Gasteiger partial charge >= 0.3 is 0 Å². The van der Waals surface area contributed by atoms with Crippen LogP contribution in [0.4, 0.5) is 0 Å². The first-order valence-electron chi connectivity index (χ1n) is 3.71. The highest BCUT2D eigenvalue weighted by Crippen LogP contribution is 1.96. The fourth-order valence-corrected chi connectivity index (χ4v) is 0.931. The van der Waals surface area contributed by atoms with Crippen LogP contribution in [0.3, 0.4) is 0 Å². The number of aromatic nitrogens is 3. The number of hydrogen-bond donors (Lipinski definition) is 1. The summed E-state index contributed by atoms with van der Waals surface area (Å²) in [5, 5.41) is 16.0. The molecule has 1 heterocycles. The molecule has 1 N–H and O–H groups in total. The Bertz CT molecular complexity index is 269. The first-order valence-corrected chi connectivity index (χ1v) is 3.71. The summed E-state index contributed by atoms with van der Waals surface area (Å²) in [5.74, 6) is 0.0275. The Balaban J connectivity index is 2.69. The van der Waals surface area contributed by atoms with Crippen LogP contribution in [-0.4, -0.2) is 32.5 Å². The van der Waals surface area contributed by atoms with Gasteiger partial charge < -0.3 is 5.11 Å². The summed E-state index contributed by atoms with van der Waals surface area (Å²) >= 11 is 0. The number of aliphatic hydroxyl groups is 1. The number of aliphatic hydroxyl groups excluding tert-OH is 1. The van der Waals surface area contributed by atoms with Crippen molar-refractivity contribution in [2.24, 2.45) is 0 Å². The van der Waals surface area contributed by atoms with Gasteiger partial charge in [-0.1, -0.05) is 5.21 Å². The first kappa shape index (κ1) is 8.86. The van der Waals surface area contributed by atoms with Gasteiger partial charge in [-0.15, -0.1) is 5.10 Å². The molecule has 0 saturated carbocycles. The van der Waals surface area contributed by atoms with E-state index in [1.165, 1.54) is 11.6 Å². The Hall–Kier alpha value is -1.23. The van der Waals surface area contributed by atoms with E-state index in [4.69, 9.17) is 5.11 Å². The van der Waals surface area contributed by atoms with Crippen molar-refractivity contribution in [1.29, 1.82) is 0 Å². The van der Waals surface area contributed by atoms with Crippen LogP contribution in [0.2, 0.25) is 0 Å². The van der Waals surface area contributed by atoms with Gasteiger partial charge in [-0.25, -0.2) is 4.68 Å². The SMILES string of the molecule is CC(=O)Cn1nncc1CCO. The average Bonchev–Trinajstić information content (AvgIpc) is 2.37. The lowest BCUT2D eigenvalue weighted by atomic mass is 10.3. The summed E-state index contributed by atoms with van der Waals surface area (Å²) < 4.78 is 1.50. The van der Waals surface area contributed by atoms with Gasteiger partial charge in [0.1, 0.15) is 6.54 Å². The molecule has 5 nitrogen and oxygen atoms in total. The van der Waals surface area contributed by atoms with E-state index in [-0.39, 0.29) is 18.9 Å². The summed E-state index contributed by atoms with van der Waals surface area (Å²) in [6.45, 7) is 1.77. The number of rotatable bonds is 4. The number of Topliss-reactive ketones (excluding diaryl/α,β-unsaturated/α-hetero) is 1. The van der Waals surface area contributed by atoms with Crippen LogP contribution in [-0.2, 0) is 17.8 Å². The highest BCUT2D eigenvalue weighted by molar-refractivity contribution is 5.75. The highest BCUT2D eigenvalue weighted by atomic mass is 16.3. The maximum atomic E-state index is 10.7. The van der Waals surface area contributed by atoms with Crippen molar-refractivity contribution in [1.82, 2.24) is 15.0 Å². The number of carbonyl (C=O) groups is 1. The lowest BCUT2D eigenvalue weighted by Gasteiger charge is -2.00. The topological polar surface area (TPSA) is 68.0 Å². The lowest BCUT2D eigenvalue weighted by molar-refractivity contribution is -0.117. The fraction of sp³-hybridized carbons (Fsp3) is 0.571. The Morgan fingerprint density at radius 2 is 2.50 bits per heavy atom. The molecule has 0 aliphatic heterocycles. The predicted octanol–water partition coefficient (Wildman–Crippen LogP) is -0.598. The minimum Gasteiger partial charge on any atom is -0.396 e. The zero-order chi connectivity index (χ0) is 8.97. The van der Waals surface area contributed by atoms with Gasteiger partial charge in [0.15, 0.2) is 5.78 Å². The molecule has 12 heavy (non-hydrogen) atoms. The standard InChI is InChI=1S/C7H11N3O2/c1-6(12)5-10-7(2-3-11)4-8-9-10/h4,11H,2-3,5H2,1H3. The number of hydrogen-bond acceptors (Lipinski definition) is 4. The van der Waals surface area contributed by atoms with Gasteiger partial charge in [0.25, 0.3) is 0 Å². The monoisotopic (exact) mass is 169 g/mol. The maximum absolute atomic E-state index is 10.7. The molecule has 5 heteroatoms. The Kier molecular flexibility index (Phi) is 2.93. The summed E-state index contributed by atoms with van der Waals surface area (Å²) in [4.78, 5) is 10.7. The van der Waals surface area contributed by atoms with Crippen molar-refractivity contribution < 1.29 is 9.90 Å². The zero-order valence-corrected chi connectivity index (χ0v) is 6.90. The maximum Gasteiger partial charge on any atom is 0.151 e. The van der Waals surface area contributed by atoms with E-state index in [2.05, 4.69) is 10.3 Å². The smallest absolute Gasteiger partial charge is 0.151 e. The number of carbonyl (C=O) groups excluding carboxylic acids is 1. The quantitative estimate of drug-likeness (QED) is 0.653. The molecule has 0 aliphatic rings. The van der Waals surface area contributed by atoms with Crippen LogP contribution in [0, 0.1) is 0 Å². The largest absolute Gasteiger partial charge is 0.396 e. The third kappa shape index (κ3) is 2.13. The Morgan fingerprint density at radius 3 is 3.08 bits per heavy atom. The number of ketones is 1. The van der Waals surface area contributed by atoms with Gasteiger partial charge in [0, 0.05) is 13.0 Å². The van der Waals surface area contributed by atoms with Gasteiger partial charge in [-0.05, 0) is 6.92 Å². The minimum atomic E-state index is 0.0275. The van der Waals surface area contributed by atoms with E-state index in [0.29, 0.717) is 6.42 Å². The molecule has 1 aromatic rings. The molecule has 0 amide bonds. The van der Waals surface area contributed by atoms with Crippen LogP contribution in [0.25, 0.3) is 0 Å². The van der Waals surface area contributed by atoms with Gasteiger partial charge in [-0.2, -0.15) is 0 Å². The summed E-state index contributed by atoms with van der Waals surface area (Å²) in [6.07, 6.45) is 2.04. The molecule has 1 rings (SSSR count). The van der Waals surface area contributed by atoms with Crippen LogP contribution in [0.5, 0.6) is 0 Å². The van der Waals surface area contributed by atoms with E-state index >= 15 is 0 Å². The normalized spacial score (nSPS) is 10.2. The van der Waals surface area contributed by atoms with E-state index in [1.54, 1.807) is 6.20 Å². The molecule has 0 atom stereocenters. The molecule has 0 bridgehead atoms. The molecule has 0 radical (unpaired) electrons. The van der Waals surface area contributed by atoms with Crippen LogP contribution in [0.1, 0.15) is 12.6 Å². The van der Waals surface area contributed by atoms with E-state index in [9.17, 15) is 4.79 Å². The molecule has 0 saturated heterocycles. The molecule has 1 aromatic heterocycles. The van der Waals surface area contributed by atoms with Gasteiger partial charge in [0.2, 0.25) is 0 Å². The molecule has 0 unspecified atom stereocenters. The molecular formula is C7H11N3O2. The third-order valence-electron chi connectivity index (χ3n) is 1.44. The lowest BCUT2D eigenvalue weighted by Crippen LogP contribution is -2.12. The van der Waals surface area contributed by atoms with Crippen molar-refractivity contribution in [2.75, 3.05) is 6.61 Å². The van der Waals surface area contributed by atoms with E-state index in [1.807, 2.05) is 0 Å². The minimum absolute atomic E-state index is 0.0275. The van der Waals surface area contributed by atoms with Crippen molar-refractivity contribution >= 4 is 5.78 Å². The average molecular weight is 169 g/mol. The van der Waals surface area contributed by atoms with Crippen molar-refractivity contribution in [3.63, 3.8) is 0 Å². The first-order chi connectivity index (χ1) is 5.74. The molecule has 66 valence electrons. The van der Waals surface area contributed by atoms with Gasteiger partial charge in [0.05, 0.1) is 11.9 Å². The van der Waals surface area contributed by atoms with Crippen LogP contribution >= 0.6 is 0 Å². The van der Waals surface area contributed by atoms with Crippen molar-refractivity contribution in [2.45, 2.75) is 19.9 Å². The van der Waals surface area contributed by atoms with E-state index < -0.39 is 0 Å². The van der Waals surface area contributed by atoms with Crippen molar-refractivity contribution in [3.8, 4) is 0 Å². The van der Waals surface area contributed by atoms with Crippen molar-refractivity contribution in [3.05, 3.63) is 11.9 Å². The van der Waals surface area contributed by atoms with Gasteiger partial charge in [-0.3, -0.25) is 4.79 Å². The summed E-state index contributed by atoms with van der Waals surface area (Å²) in [6, 6.07) is 0. The second-order valence-corrected chi connectivity index (χ2v) is 2.56. The molecule has 0 aliphatic carbocycles. The highest BCUT2D eigenvalue weighted by Gasteiger charge is 2.04. The van der Waals surface area contributed by atoms with Crippen LogP contribution < -0.4 is 0 Å².